The molecule has 0 spiro atoms. The normalized spacial score (nSPS) is 13.4. The number of furan rings is 1. The van der Waals surface area contributed by atoms with E-state index in [2.05, 4.69) is 16.9 Å². The molecule has 0 saturated carbocycles. The Morgan fingerprint density at radius 3 is 2.82 bits per heavy atom. The molecule has 1 aromatic carbocycles. The highest BCUT2D eigenvalue weighted by Crippen LogP contribution is 2.26. The van der Waals surface area contributed by atoms with E-state index in [9.17, 15) is 9.59 Å². The van der Waals surface area contributed by atoms with Gasteiger partial charge in [-0.15, -0.1) is 0 Å². The van der Waals surface area contributed by atoms with Crippen LogP contribution >= 0.6 is 0 Å². The van der Waals surface area contributed by atoms with Gasteiger partial charge in [-0.1, -0.05) is 18.2 Å². The first-order chi connectivity index (χ1) is 10.7. The van der Waals surface area contributed by atoms with Gasteiger partial charge >= 0.3 is 5.91 Å². The van der Waals surface area contributed by atoms with Crippen LogP contribution in [0.5, 0.6) is 0 Å². The van der Waals surface area contributed by atoms with E-state index in [1.54, 1.807) is 6.07 Å². The minimum Gasteiger partial charge on any atom is -0.459 e. The fourth-order valence-corrected chi connectivity index (χ4v) is 2.58. The van der Waals surface area contributed by atoms with Crippen molar-refractivity contribution in [2.24, 2.45) is 0 Å². The van der Waals surface area contributed by atoms with Crippen molar-refractivity contribution in [2.75, 3.05) is 18.0 Å². The number of amides is 2. The maximum absolute atomic E-state index is 12.0. The van der Waals surface area contributed by atoms with Crippen molar-refractivity contribution in [3.05, 3.63) is 54.0 Å². The van der Waals surface area contributed by atoms with E-state index < -0.39 is 5.91 Å². The van der Waals surface area contributed by atoms with E-state index in [1.165, 1.54) is 17.9 Å². The zero-order valence-corrected chi connectivity index (χ0v) is 12.0. The third kappa shape index (κ3) is 3.11. The number of fused-ring (bicyclic) bond motifs is 1. The maximum atomic E-state index is 12.0. The largest absolute Gasteiger partial charge is 0.459 e. The second kappa shape index (κ2) is 6.34. The highest BCUT2D eigenvalue weighted by molar-refractivity contribution is 5.93. The number of aryl methyl sites for hydroxylation is 1. The lowest BCUT2D eigenvalue weighted by molar-refractivity contribution is -0.120. The minimum absolute atomic E-state index is 0.156. The number of anilines is 1. The van der Waals surface area contributed by atoms with Gasteiger partial charge in [0.25, 0.3) is 5.91 Å². The molecule has 0 aliphatic carbocycles. The average molecular weight is 299 g/mol. The van der Waals surface area contributed by atoms with Crippen LogP contribution in [0.3, 0.4) is 0 Å². The summed E-state index contributed by atoms with van der Waals surface area (Å²) in [6.07, 6.45) is 3.45. The van der Waals surface area contributed by atoms with Gasteiger partial charge < -0.3 is 9.32 Å². The van der Waals surface area contributed by atoms with Gasteiger partial charge in [-0.05, 0) is 36.6 Å². The van der Waals surface area contributed by atoms with Crippen molar-refractivity contribution >= 4 is 17.5 Å². The predicted molar refractivity (Wildman–Crippen MR) is 81.3 cm³/mol. The summed E-state index contributed by atoms with van der Waals surface area (Å²) in [5.74, 6) is -0.586. The summed E-state index contributed by atoms with van der Waals surface area (Å²) in [4.78, 5) is 25.7. The van der Waals surface area contributed by atoms with Gasteiger partial charge in [-0.25, -0.2) is 0 Å². The molecule has 1 aliphatic heterocycles. The van der Waals surface area contributed by atoms with E-state index in [0.29, 0.717) is 0 Å². The number of rotatable bonds is 3. The first-order valence-electron chi connectivity index (χ1n) is 7.19. The number of hydrogen-bond acceptors (Lipinski definition) is 4. The van der Waals surface area contributed by atoms with Crippen molar-refractivity contribution in [2.45, 2.75) is 12.8 Å². The molecule has 22 heavy (non-hydrogen) atoms. The number of carbonyl (C=O) groups is 2. The predicted octanol–water partition coefficient (Wildman–Crippen LogP) is 1.49. The van der Waals surface area contributed by atoms with Crippen molar-refractivity contribution in [1.82, 2.24) is 10.9 Å². The van der Waals surface area contributed by atoms with Crippen LogP contribution in [0.25, 0.3) is 0 Å². The van der Waals surface area contributed by atoms with E-state index in [1.807, 2.05) is 23.1 Å². The van der Waals surface area contributed by atoms with Gasteiger partial charge in [0.15, 0.2) is 5.76 Å². The molecule has 0 bridgehead atoms. The van der Waals surface area contributed by atoms with Crippen LogP contribution in [-0.2, 0) is 11.2 Å². The molecular weight excluding hydrogens is 282 g/mol. The molecule has 0 fully saturated rings. The number of nitrogens with one attached hydrogen (secondary N) is 2. The van der Waals surface area contributed by atoms with Crippen LogP contribution in [-0.4, -0.2) is 24.9 Å². The summed E-state index contributed by atoms with van der Waals surface area (Å²) in [5.41, 5.74) is 7.08. The average Bonchev–Trinajstić information content (AvgIpc) is 3.07. The molecule has 1 aliphatic rings. The molecule has 0 unspecified atom stereocenters. The van der Waals surface area contributed by atoms with Crippen LogP contribution in [0, 0.1) is 0 Å². The number of hydrazine groups is 1. The summed E-state index contributed by atoms with van der Waals surface area (Å²) in [7, 11) is 0. The van der Waals surface area contributed by atoms with E-state index in [0.717, 1.165) is 25.1 Å². The van der Waals surface area contributed by atoms with Crippen LogP contribution in [0.1, 0.15) is 22.5 Å². The fourth-order valence-electron chi connectivity index (χ4n) is 2.58. The number of nitrogens with zero attached hydrogens (tertiary/aromatic N) is 1. The molecule has 114 valence electrons. The first kappa shape index (κ1) is 14.2. The Morgan fingerprint density at radius 2 is 2.00 bits per heavy atom. The molecule has 3 rings (SSSR count). The molecule has 1 aromatic heterocycles. The lowest BCUT2D eigenvalue weighted by atomic mass is 10.0. The topological polar surface area (TPSA) is 74.6 Å². The van der Waals surface area contributed by atoms with Crippen molar-refractivity contribution in [1.29, 1.82) is 0 Å². The van der Waals surface area contributed by atoms with E-state index in [4.69, 9.17) is 4.42 Å². The van der Waals surface area contributed by atoms with Crippen LogP contribution in [0.15, 0.2) is 47.1 Å². The molecule has 2 heterocycles. The quantitative estimate of drug-likeness (QED) is 0.842. The molecule has 2 aromatic rings. The summed E-state index contributed by atoms with van der Waals surface area (Å²) in [5, 5.41) is 0. The summed E-state index contributed by atoms with van der Waals surface area (Å²) < 4.78 is 4.95. The SMILES string of the molecule is O=C(CN1CCCc2ccccc21)NNC(=O)c1ccco1. The minimum atomic E-state index is -0.475. The molecule has 2 amide bonds. The molecule has 0 radical (unpaired) electrons. The third-order valence-corrected chi connectivity index (χ3v) is 3.60. The molecular formula is C16H17N3O3. The number of benzene rings is 1. The molecule has 2 N–H and O–H groups in total. The van der Waals surface area contributed by atoms with Crippen molar-refractivity contribution in [3.8, 4) is 0 Å². The smallest absolute Gasteiger partial charge is 0.305 e. The van der Waals surface area contributed by atoms with Gasteiger partial charge in [0.05, 0.1) is 12.8 Å². The number of carbonyl (C=O) groups excluding carboxylic acids is 2. The van der Waals surface area contributed by atoms with Crippen LogP contribution in [0.2, 0.25) is 0 Å². The summed E-state index contributed by atoms with van der Waals surface area (Å²) in [6.45, 7) is 1.03. The van der Waals surface area contributed by atoms with Crippen molar-refractivity contribution in [3.63, 3.8) is 0 Å². The van der Waals surface area contributed by atoms with Gasteiger partial charge in [0.2, 0.25) is 0 Å². The third-order valence-electron chi connectivity index (χ3n) is 3.60. The van der Waals surface area contributed by atoms with Gasteiger partial charge in [-0.3, -0.25) is 20.4 Å². The first-order valence-corrected chi connectivity index (χ1v) is 7.19. The Hall–Kier alpha value is -2.76. The molecule has 0 atom stereocenters. The Kier molecular flexibility index (Phi) is 4.09. The Bertz CT molecular complexity index is 667. The highest BCUT2D eigenvalue weighted by atomic mass is 16.3. The Morgan fingerprint density at radius 1 is 1.14 bits per heavy atom. The van der Waals surface area contributed by atoms with Crippen LogP contribution < -0.4 is 15.8 Å². The number of hydrogen-bond donors (Lipinski definition) is 2. The van der Waals surface area contributed by atoms with Gasteiger partial charge in [0.1, 0.15) is 0 Å². The summed E-state index contributed by atoms with van der Waals surface area (Å²) in [6, 6.07) is 11.2. The Balaban J connectivity index is 1.55. The summed E-state index contributed by atoms with van der Waals surface area (Å²) >= 11 is 0. The van der Waals surface area contributed by atoms with Gasteiger partial charge in [-0.2, -0.15) is 0 Å². The van der Waals surface area contributed by atoms with Gasteiger partial charge in [0, 0.05) is 12.2 Å². The molecule has 6 heteroatoms. The van der Waals surface area contributed by atoms with E-state index >= 15 is 0 Å². The van der Waals surface area contributed by atoms with Crippen LogP contribution in [0.4, 0.5) is 5.69 Å². The fraction of sp³-hybridized carbons (Fsp3) is 0.250. The van der Waals surface area contributed by atoms with Crippen molar-refractivity contribution < 1.29 is 14.0 Å². The zero-order valence-electron chi connectivity index (χ0n) is 12.0. The van der Waals surface area contributed by atoms with E-state index in [-0.39, 0.29) is 18.2 Å². The Labute approximate surface area is 128 Å². The standard InChI is InChI=1S/C16H17N3O3/c20-15(17-18-16(21)14-8-4-10-22-14)11-19-9-3-6-12-5-1-2-7-13(12)19/h1-2,4-5,7-8,10H,3,6,9,11H2,(H,17,20)(H,18,21). The highest BCUT2D eigenvalue weighted by Gasteiger charge is 2.19. The zero-order chi connectivity index (χ0) is 15.4. The molecule has 6 nitrogen and oxygen atoms in total. The monoisotopic (exact) mass is 299 g/mol. The second-order valence-corrected chi connectivity index (χ2v) is 5.13. The second-order valence-electron chi connectivity index (χ2n) is 5.13. The number of para-hydroxylation sites is 1. The lowest BCUT2D eigenvalue weighted by Crippen LogP contribution is -2.47. The lowest BCUT2D eigenvalue weighted by Gasteiger charge is -2.30. The maximum Gasteiger partial charge on any atom is 0.305 e. The molecule has 0 saturated heterocycles.